The molecule has 0 aliphatic rings. The molecule has 0 bridgehead atoms. The quantitative estimate of drug-likeness (QED) is 0.762. The van der Waals surface area contributed by atoms with Crippen molar-refractivity contribution in [1.82, 2.24) is 0 Å². The maximum atomic E-state index is 10.5. The summed E-state index contributed by atoms with van der Waals surface area (Å²) in [5.74, 6) is 0. The molecule has 0 aliphatic carbocycles. The Hall–Kier alpha value is -2.06. The van der Waals surface area contributed by atoms with Gasteiger partial charge in [0.2, 0.25) is 0 Å². The maximum Gasteiger partial charge on any atom is 0.134 e. The summed E-state index contributed by atoms with van der Waals surface area (Å²) in [6.45, 7) is 2.12. The molecule has 1 N–H and O–H groups in total. The van der Waals surface area contributed by atoms with E-state index in [1.165, 1.54) is 5.56 Å². The van der Waals surface area contributed by atoms with Crippen LogP contribution in [0.2, 0.25) is 0 Å². The van der Waals surface area contributed by atoms with Crippen molar-refractivity contribution in [3.05, 3.63) is 71.5 Å². The lowest BCUT2D eigenvalue weighted by Crippen LogP contribution is -1.98. The Morgan fingerprint density at radius 1 is 1.05 bits per heavy atom. The first-order chi connectivity index (χ1) is 9.29. The second-order valence-electron chi connectivity index (χ2n) is 4.68. The number of hydrogen-bond donors (Lipinski definition) is 1. The number of aliphatic hydroxyl groups is 1. The molecular formula is C17H16O2. The highest BCUT2D eigenvalue weighted by atomic mass is 16.3. The third-order valence-corrected chi connectivity index (χ3v) is 3.51. The van der Waals surface area contributed by atoms with Crippen molar-refractivity contribution >= 4 is 11.0 Å². The van der Waals surface area contributed by atoms with Gasteiger partial charge in [0.15, 0.2) is 0 Å². The highest BCUT2D eigenvalue weighted by molar-refractivity contribution is 5.81. The van der Waals surface area contributed by atoms with Crippen molar-refractivity contribution in [3.8, 4) is 0 Å². The number of furan rings is 1. The fourth-order valence-corrected chi connectivity index (χ4v) is 2.33. The van der Waals surface area contributed by atoms with Gasteiger partial charge in [-0.25, -0.2) is 0 Å². The van der Waals surface area contributed by atoms with Gasteiger partial charge >= 0.3 is 0 Å². The van der Waals surface area contributed by atoms with Gasteiger partial charge in [0.05, 0.1) is 6.26 Å². The van der Waals surface area contributed by atoms with Gasteiger partial charge in [-0.1, -0.05) is 49.4 Å². The average molecular weight is 252 g/mol. The van der Waals surface area contributed by atoms with Crippen LogP contribution in [0.25, 0.3) is 11.0 Å². The van der Waals surface area contributed by atoms with Gasteiger partial charge in [-0.15, -0.1) is 0 Å². The summed E-state index contributed by atoms with van der Waals surface area (Å²) in [5.41, 5.74) is 3.79. The first-order valence-electron chi connectivity index (χ1n) is 6.52. The fourth-order valence-electron chi connectivity index (χ4n) is 2.33. The summed E-state index contributed by atoms with van der Waals surface area (Å²) in [6.07, 6.45) is 2.00. The summed E-state index contributed by atoms with van der Waals surface area (Å²) in [4.78, 5) is 0. The SMILES string of the molecule is CCc1ccc(C(O)c2coc3ccccc23)cc1. The zero-order valence-corrected chi connectivity index (χ0v) is 10.8. The van der Waals surface area contributed by atoms with Crippen LogP contribution in [-0.2, 0) is 6.42 Å². The van der Waals surface area contributed by atoms with E-state index in [0.29, 0.717) is 0 Å². The Kier molecular flexibility index (Phi) is 3.10. The molecule has 0 aliphatic heterocycles. The summed E-state index contributed by atoms with van der Waals surface area (Å²) >= 11 is 0. The van der Waals surface area contributed by atoms with Crippen molar-refractivity contribution in [2.24, 2.45) is 0 Å². The Labute approximate surface area is 112 Å². The van der Waals surface area contributed by atoms with Crippen molar-refractivity contribution < 1.29 is 9.52 Å². The molecule has 0 radical (unpaired) electrons. The van der Waals surface area contributed by atoms with Crippen molar-refractivity contribution in [3.63, 3.8) is 0 Å². The molecule has 2 aromatic carbocycles. The third kappa shape index (κ3) is 2.15. The van der Waals surface area contributed by atoms with Gasteiger partial charge < -0.3 is 9.52 Å². The maximum absolute atomic E-state index is 10.5. The molecule has 2 nitrogen and oxygen atoms in total. The lowest BCUT2D eigenvalue weighted by atomic mass is 9.99. The van der Waals surface area contributed by atoms with Crippen LogP contribution in [0.5, 0.6) is 0 Å². The van der Waals surface area contributed by atoms with Crippen LogP contribution >= 0.6 is 0 Å². The standard InChI is InChI=1S/C17H16O2/c1-2-12-7-9-13(10-8-12)17(18)15-11-19-16-6-4-3-5-14(15)16/h3-11,17-18H,2H2,1H3. The zero-order valence-electron chi connectivity index (χ0n) is 10.8. The Morgan fingerprint density at radius 3 is 2.53 bits per heavy atom. The first-order valence-corrected chi connectivity index (χ1v) is 6.52. The van der Waals surface area contributed by atoms with Gasteiger partial charge in [0.25, 0.3) is 0 Å². The molecule has 96 valence electrons. The molecule has 0 fully saturated rings. The van der Waals surface area contributed by atoms with Crippen LogP contribution in [0.3, 0.4) is 0 Å². The lowest BCUT2D eigenvalue weighted by molar-refractivity contribution is 0.220. The largest absolute Gasteiger partial charge is 0.464 e. The molecule has 0 saturated heterocycles. The van der Waals surface area contributed by atoms with Crippen LogP contribution in [0.15, 0.2) is 59.2 Å². The van der Waals surface area contributed by atoms with E-state index in [1.54, 1.807) is 6.26 Å². The monoisotopic (exact) mass is 252 g/mol. The van der Waals surface area contributed by atoms with E-state index in [0.717, 1.165) is 28.5 Å². The van der Waals surface area contributed by atoms with Crippen molar-refractivity contribution in [2.45, 2.75) is 19.4 Å². The minimum absolute atomic E-state index is 0.644. The van der Waals surface area contributed by atoms with Gasteiger partial charge in [0, 0.05) is 10.9 Å². The summed E-state index contributed by atoms with van der Waals surface area (Å²) in [6, 6.07) is 15.8. The summed E-state index contributed by atoms with van der Waals surface area (Å²) in [7, 11) is 0. The Bertz CT molecular complexity index is 680. The number of hydrogen-bond acceptors (Lipinski definition) is 2. The van der Waals surface area contributed by atoms with Crippen molar-refractivity contribution in [2.75, 3.05) is 0 Å². The van der Waals surface area contributed by atoms with Gasteiger partial charge in [-0.2, -0.15) is 0 Å². The van der Waals surface area contributed by atoms with Gasteiger partial charge in [0.1, 0.15) is 11.7 Å². The zero-order chi connectivity index (χ0) is 13.2. The summed E-state index contributed by atoms with van der Waals surface area (Å²) < 4.78 is 5.48. The molecule has 3 rings (SSSR count). The second-order valence-corrected chi connectivity index (χ2v) is 4.68. The van der Waals surface area contributed by atoms with Crippen LogP contribution < -0.4 is 0 Å². The lowest BCUT2D eigenvalue weighted by Gasteiger charge is -2.10. The van der Waals surface area contributed by atoms with E-state index in [9.17, 15) is 5.11 Å². The van der Waals surface area contributed by atoms with E-state index in [-0.39, 0.29) is 0 Å². The number of benzene rings is 2. The van der Waals surface area contributed by atoms with E-state index in [2.05, 4.69) is 19.1 Å². The van der Waals surface area contributed by atoms with Crippen LogP contribution in [0.4, 0.5) is 0 Å². The molecule has 0 spiro atoms. The number of aliphatic hydroxyl groups excluding tert-OH is 1. The third-order valence-electron chi connectivity index (χ3n) is 3.51. The summed E-state index contributed by atoms with van der Waals surface area (Å²) in [5, 5.41) is 11.4. The molecule has 3 aromatic rings. The van der Waals surface area contributed by atoms with Crippen LogP contribution in [-0.4, -0.2) is 5.11 Å². The Balaban J connectivity index is 2.00. The van der Waals surface area contributed by atoms with Crippen LogP contribution in [0.1, 0.15) is 29.7 Å². The van der Waals surface area contributed by atoms with E-state index >= 15 is 0 Å². The van der Waals surface area contributed by atoms with E-state index < -0.39 is 6.10 Å². The molecular weight excluding hydrogens is 236 g/mol. The minimum atomic E-state index is -0.644. The molecule has 1 aromatic heterocycles. The Morgan fingerprint density at radius 2 is 1.79 bits per heavy atom. The number of para-hydroxylation sites is 1. The normalized spacial score (nSPS) is 12.7. The topological polar surface area (TPSA) is 33.4 Å². The van der Waals surface area contributed by atoms with Gasteiger partial charge in [-0.3, -0.25) is 0 Å². The second kappa shape index (κ2) is 4.90. The molecule has 1 unspecified atom stereocenters. The van der Waals surface area contributed by atoms with E-state index in [4.69, 9.17) is 4.42 Å². The molecule has 0 saturated carbocycles. The number of rotatable bonds is 3. The van der Waals surface area contributed by atoms with Gasteiger partial charge in [-0.05, 0) is 23.6 Å². The highest BCUT2D eigenvalue weighted by Crippen LogP contribution is 2.30. The van der Waals surface area contributed by atoms with Crippen molar-refractivity contribution in [1.29, 1.82) is 0 Å². The fraction of sp³-hybridized carbons (Fsp3) is 0.176. The highest BCUT2D eigenvalue weighted by Gasteiger charge is 2.15. The molecule has 0 amide bonds. The molecule has 2 heteroatoms. The van der Waals surface area contributed by atoms with E-state index in [1.807, 2.05) is 36.4 Å². The molecule has 19 heavy (non-hydrogen) atoms. The predicted molar refractivity (Wildman–Crippen MR) is 76.1 cm³/mol. The van der Waals surface area contributed by atoms with Crippen LogP contribution in [0, 0.1) is 0 Å². The predicted octanol–water partition coefficient (Wildman–Crippen LogP) is 4.08. The minimum Gasteiger partial charge on any atom is -0.464 e. The average Bonchev–Trinajstić information content (AvgIpc) is 2.90. The first kappa shape index (κ1) is 12.0. The molecule has 1 heterocycles. The number of fused-ring (bicyclic) bond motifs is 1. The molecule has 1 atom stereocenters. The number of aryl methyl sites for hydroxylation is 1. The smallest absolute Gasteiger partial charge is 0.134 e.